The average Bonchev–Trinajstić information content (AvgIpc) is 1.68. The Morgan fingerprint density at radius 3 is 0.800 bits per heavy atom. The van der Waals surface area contributed by atoms with Gasteiger partial charge < -0.3 is 33.8 Å². The van der Waals surface area contributed by atoms with E-state index in [2.05, 4.69) is 48.5 Å². The Labute approximate surface area is 581 Å². The van der Waals surface area contributed by atoms with Crippen molar-refractivity contribution < 1.29 is 80.2 Å². The van der Waals surface area contributed by atoms with Crippen molar-refractivity contribution in [1.82, 2.24) is 0 Å². The third-order valence-electron chi connectivity index (χ3n) is 18.0. The van der Waals surface area contributed by atoms with Crippen molar-refractivity contribution in [2.45, 2.75) is 407 Å². The summed E-state index contributed by atoms with van der Waals surface area (Å²) in [6.07, 6.45) is 52.7. The van der Waals surface area contributed by atoms with E-state index in [0.717, 1.165) is 120 Å². The highest BCUT2D eigenvalue weighted by atomic mass is 31.2. The molecule has 95 heavy (non-hydrogen) atoms. The molecule has 0 bridgehead atoms. The second-order valence-corrected chi connectivity index (χ2v) is 31.5. The number of esters is 4. The molecule has 0 spiro atoms. The van der Waals surface area contributed by atoms with E-state index >= 15 is 0 Å². The molecule has 0 amide bonds. The number of phosphoric ester groups is 2. The lowest BCUT2D eigenvalue weighted by Crippen LogP contribution is -2.30. The molecule has 3 unspecified atom stereocenters. The highest BCUT2D eigenvalue weighted by Crippen LogP contribution is 2.45. The minimum atomic E-state index is -4.96. The van der Waals surface area contributed by atoms with Gasteiger partial charge in [0.2, 0.25) is 0 Å². The maximum Gasteiger partial charge on any atom is 0.472 e. The Kier molecular flexibility index (Phi) is 65.2. The standard InChI is InChI=1S/C76H148O17P2/c1-8-10-11-12-33-43-50-57-73(78)86-63-71(92-76(81)60-53-46-39-32-26-20-22-28-35-41-48-55-68(5)6)65-90-94(82,83)88-61-70(77)62-89-95(84,85)91-66-72(64-87-74(79)58-51-44-37-30-24-19-15-16-21-27-34-40-47-54-67(3)4)93-75(80)59-52-45-38-31-25-18-14-13-17-23-29-36-42-49-56-69(7)9-2/h67-72,77H,8-66H2,1-7H3,(H,82,83)(H,84,85)/t69?,70-,71+,72+/m0/s1. The molecule has 0 aliphatic carbocycles. The number of aliphatic hydroxyl groups excluding tert-OH is 1. The quantitative estimate of drug-likeness (QED) is 0.0222. The smallest absolute Gasteiger partial charge is 0.462 e. The van der Waals surface area contributed by atoms with E-state index in [1.54, 1.807) is 0 Å². The van der Waals surface area contributed by atoms with Crippen LogP contribution in [0.25, 0.3) is 0 Å². The van der Waals surface area contributed by atoms with Crippen molar-refractivity contribution in [1.29, 1.82) is 0 Å². The Balaban J connectivity index is 5.20. The second kappa shape index (κ2) is 66.6. The molecule has 0 aromatic carbocycles. The van der Waals surface area contributed by atoms with Crippen LogP contribution in [0.4, 0.5) is 0 Å². The van der Waals surface area contributed by atoms with Gasteiger partial charge in [-0.3, -0.25) is 37.3 Å². The predicted octanol–water partition coefficient (Wildman–Crippen LogP) is 22.2. The molecular formula is C76H148O17P2. The van der Waals surface area contributed by atoms with Gasteiger partial charge in [0, 0.05) is 25.7 Å². The number of unbranched alkanes of at least 4 members (excludes halogenated alkanes) is 41. The van der Waals surface area contributed by atoms with Crippen LogP contribution in [0.15, 0.2) is 0 Å². The molecule has 19 heteroatoms. The summed E-state index contributed by atoms with van der Waals surface area (Å²) in [5.41, 5.74) is 0. The molecule has 6 atom stereocenters. The molecule has 0 radical (unpaired) electrons. The van der Waals surface area contributed by atoms with Gasteiger partial charge in [-0.05, 0) is 43.4 Å². The monoisotopic (exact) mass is 1400 g/mol. The van der Waals surface area contributed by atoms with Crippen LogP contribution < -0.4 is 0 Å². The first kappa shape index (κ1) is 93.1. The van der Waals surface area contributed by atoms with E-state index in [4.69, 9.17) is 37.0 Å². The Bertz CT molecular complexity index is 1850. The van der Waals surface area contributed by atoms with Gasteiger partial charge in [-0.25, -0.2) is 9.13 Å². The van der Waals surface area contributed by atoms with Crippen LogP contribution in [-0.2, 0) is 65.4 Å². The Morgan fingerprint density at radius 1 is 0.305 bits per heavy atom. The normalized spacial score (nSPS) is 14.4. The summed E-state index contributed by atoms with van der Waals surface area (Å²) in [6.45, 7) is 11.9. The van der Waals surface area contributed by atoms with Crippen LogP contribution in [0.5, 0.6) is 0 Å². The Morgan fingerprint density at radius 2 is 0.537 bits per heavy atom. The summed E-state index contributed by atoms with van der Waals surface area (Å²) in [6, 6.07) is 0. The predicted molar refractivity (Wildman–Crippen MR) is 386 cm³/mol. The largest absolute Gasteiger partial charge is 0.472 e. The van der Waals surface area contributed by atoms with E-state index < -0.39 is 97.5 Å². The number of rotatable bonds is 74. The number of ether oxygens (including phenoxy) is 4. The molecule has 3 N–H and O–H groups in total. The first-order chi connectivity index (χ1) is 45.8. The number of phosphoric acid groups is 2. The van der Waals surface area contributed by atoms with E-state index in [1.807, 2.05) is 0 Å². The lowest BCUT2D eigenvalue weighted by molar-refractivity contribution is -0.161. The first-order valence-corrected chi connectivity index (χ1v) is 42.4. The Hall–Kier alpha value is -1.94. The molecule has 0 saturated heterocycles. The minimum absolute atomic E-state index is 0.106. The highest BCUT2D eigenvalue weighted by molar-refractivity contribution is 7.47. The molecular weight excluding hydrogens is 1250 g/mol. The maximum atomic E-state index is 13.1. The van der Waals surface area contributed by atoms with Gasteiger partial charge in [0.25, 0.3) is 0 Å². The summed E-state index contributed by atoms with van der Waals surface area (Å²) in [5.74, 6) is 0.281. The number of carbonyl (C=O) groups excluding carboxylic acids is 4. The van der Waals surface area contributed by atoms with Crippen LogP contribution in [0.2, 0.25) is 0 Å². The lowest BCUT2D eigenvalue weighted by Gasteiger charge is -2.21. The summed E-state index contributed by atoms with van der Waals surface area (Å²) < 4.78 is 68.4. The topological polar surface area (TPSA) is 237 Å². The van der Waals surface area contributed by atoms with Crippen LogP contribution in [0.1, 0.15) is 389 Å². The molecule has 0 aromatic rings. The van der Waals surface area contributed by atoms with Gasteiger partial charge in [0.15, 0.2) is 12.2 Å². The maximum absolute atomic E-state index is 13.1. The SMILES string of the molecule is CCCCCCCCCC(=O)OC[C@H](COP(=O)(O)OC[C@H](O)COP(=O)(O)OC[C@@H](COC(=O)CCCCCCCCCCCCCCCC(C)C)OC(=O)CCCCCCCCCCCCCCCCC(C)CC)OC(=O)CCCCCCCCCCCCCC(C)C. The molecule has 0 fully saturated rings. The van der Waals surface area contributed by atoms with Crippen LogP contribution in [-0.4, -0.2) is 96.7 Å². The average molecular weight is 1400 g/mol. The van der Waals surface area contributed by atoms with Crippen molar-refractivity contribution in [2.24, 2.45) is 17.8 Å². The molecule has 0 aliphatic heterocycles. The van der Waals surface area contributed by atoms with E-state index in [9.17, 15) is 43.2 Å². The molecule has 0 rings (SSSR count). The van der Waals surface area contributed by atoms with Crippen LogP contribution in [0, 0.1) is 17.8 Å². The fourth-order valence-electron chi connectivity index (χ4n) is 11.6. The van der Waals surface area contributed by atoms with Gasteiger partial charge in [0.05, 0.1) is 26.4 Å². The number of carbonyl (C=O) groups is 4. The van der Waals surface area contributed by atoms with E-state index in [1.165, 1.54) is 186 Å². The van der Waals surface area contributed by atoms with Crippen LogP contribution >= 0.6 is 15.6 Å². The molecule has 564 valence electrons. The molecule has 0 heterocycles. The molecule has 17 nitrogen and oxygen atoms in total. The molecule has 0 saturated carbocycles. The van der Waals surface area contributed by atoms with Crippen LogP contribution in [0.3, 0.4) is 0 Å². The number of aliphatic hydroxyl groups is 1. The summed E-state index contributed by atoms with van der Waals surface area (Å²) in [5, 5.41) is 10.6. The zero-order valence-electron chi connectivity index (χ0n) is 62.1. The minimum Gasteiger partial charge on any atom is -0.462 e. The van der Waals surface area contributed by atoms with Gasteiger partial charge in [-0.2, -0.15) is 0 Å². The second-order valence-electron chi connectivity index (χ2n) is 28.6. The first-order valence-electron chi connectivity index (χ1n) is 39.4. The molecule has 0 aliphatic rings. The fraction of sp³-hybridized carbons (Fsp3) is 0.947. The fourth-order valence-corrected chi connectivity index (χ4v) is 13.1. The number of hydrogen-bond acceptors (Lipinski definition) is 15. The zero-order valence-corrected chi connectivity index (χ0v) is 63.9. The van der Waals surface area contributed by atoms with E-state index in [-0.39, 0.29) is 25.7 Å². The van der Waals surface area contributed by atoms with Crippen molar-refractivity contribution in [2.75, 3.05) is 39.6 Å². The third kappa shape index (κ3) is 69.0. The van der Waals surface area contributed by atoms with E-state index in [0.29, 0.717) is 25.7 Å². The van der Waals surface area contributed by atoms with Gasteiger partial charge >= 0.3 is 39.5 Å². The zero-order chi connectivity index (χ0) is 70.1. The van der Waals surface area contributed by atoms with Crippen molar-refractivity contribution in [3.05, 3.63) is 0 Å². The van der Waals surface area contributed by atoms with Gasteiger partial charge in [-0.1, -0.05) is 337 Å². The number of hydrogen-bond donors (Lipinski definition) is 3. The summed E-state index contributed by atoms with van der Waals surface area (Å²) >= 11 is 0. The van der Waals surface area contributed by atoms with Crippen molar-refractivity contribution in [3.63, 3.8) is 0 Å². The summed E-state index contributed by atoms with van der Waals surface area (Å²) in [7, 11) is -9.91. The van der Waals surface area contributed by atoms with Gasteiger partial charge in [0.1, 0.15) is 19.3 Å². The highest BCUT2D eigenvalue weighted by Gasteiger charge is 2.30. The summed E-state index contributed by atoms with van der Waals surface area (Å²) in [4.78, 5) is 72.7. The third-order valence-corrected chi connectivity index (χ3v) is 19.9. The van der Waals surface area contributed by atoms with Crippen molar-refractivity contribution in [3.8, 4) is 0 Å². The van der Waals surface area contributed by atoms with Gasteiger partial charge in [-0.15, -0.1) is 0 Å². The molecule has 0 aromatic heterocycles. The van der Waals surface area contributed by atoms with Crippen molar-refractivity contribution >= 4 is 39.5 Å². The lowest BCUT2D eigenvalue weighted by atomic mass is 9.99.